The number of nitrogens with zero attached hydrogens (tertiary/aromatic N) is 1. The van der Waals surface area contributed by atoms with E-state index in [-0.39, 0.29) is 5.91 Å². The van der Waals surface area contributed by atoms with Crippen LogP contribution in [0.2, 0.25) is 4.34 Å². The van der Waals surface area contributed by atoms with Crippen molar-refractivity contribution >= 4 is 28.8 Å². The molecule has 2 rings (SSSR count). The molecule has 0 saturated heterocycles. The molecule has 1 N–H and O–H groups in total. The Balaban J connectivity index is 1.83. The van der Waals surface area contributed by atoms with Crippen molar-refractivity contribution < 1.29 is 4.79 Å². The molecule has 2 aromatic rings. The smallest absolute Gasteiger partial charge is 0.252 e. The fourth-order valence-electron chi connectivity index (χ4n) is 1.49. The monoisotopic (exact) mass is 280 g/mol. The van der Waals surface area contributed by atoms with Crippen LogP contribution in [0.1, 0.15) is 20.9 Å². The molecule has 2 aromatic heterocycles. The summed E-state index contributed by atoms with van der Waals surface area (Å²) in [5.41, 5.74) is 1.49. The van der Waals surface area contributed by atoms with Crippen molar-refractivity contribution in [2.45, 2.75) is 13.3 Å². The van der Waals surface area contributed by atoms with E-state index in [0.29, 0.717) is 12.1 Å². The molecule has 0 aromatic carbocycles. The molecule has 0 bridgehead atoms. The van der Waals surface area contributed by atoms with Gasteiger partial charge in [-0.2, -0.15) is 0 Å². The number of nitrogens with one attached hydrogen (secondary N) is 1. The molecule has 1 amide bonds. The van der Waals surface area contributed by atoms with Crippen molar-refractivity contribution in [3.63, 3.8) is 0 Å². The third kappa shape index (κ3) is 3.55. The lowest BCUT2D eigenvalue weighted by atomic mass is 10.2. The molecule has 0 spiro atoms. The summed E-state index contributed by atoms with van der Waals surface area (Å²) in [6, 6.07) is 7.45. The predicted octanol–water partition coefficient (Wildman–Crippen LogP) is 3.08. The maximum absolute atomic E-state index is 11.8. The van der Waals surface area contributed by atoms with E-state index in [1.165, 1.54) is 16.2 Å². The summed E-state index contributed by atoms with van der Waals surface area (Å²) in [6.45, 7) is 2.49. The van der Waals surface area contributed by atoms with Gasteiger partial charge in [0.25, 0.3) is 5.91 Å². The Morgan fingerprint density at radius 3 is 2.83 bits per heavy atom. The SMILES string of the molecule is Cc1ccc(C(=O)NCCc2ccc(Cl)s2)cn1. The molecule has 94 valence electrons. The Hall–Kier alpha value is -1.39. The van der Waals surface area contributed by atoms with E-state index in [1.54, 1.807) is 12.3 Å². The van der Waals surface area contributed by atoms with Crippen LogP contribution in [-0.4, -0.2) is 17.4 Å². The van der Waals surface area contributed by atoms with Crippen LogP contribution in [0.4, 0.5) is 0 Å². The van der Waals surface area contributed by atoms with Crippen molar-refractivity contribution in [3.8, 4) is 0 Å². The zero-order valence-corrected chi connectivity index (χ0v) is 11.5. The van der Waals surface area contributed by atoms with Crippen LogP contribution in [0.15, 0.2) is 30.5 Å². The number of hydrogen-bond acceptors (Lipinski definition) is 3. The van der Waals surface area contributed by atoms with Gasteiger partial charge >= 0.3 is 0 Å². The first-order valence-corrected chi connectivity index (χ1v) is 6.79. The van der Waals surface area contributed by atoms with Crippen LogP contribution in [0, 0.1) is 6.92 Å². The molecule has 0 saturated carbocycles. The average Bonchev–Trinajstić information content (AvgIpc) is 2.76. The highest BCUT2D eigenvalue weighted by atomic mass is 35.5. The maximum Gasteiger partial charge on any atom is 0.252 e. The van der Waals surface area contributed by atoms with Gasteiger partial charge in [-0.25, -0.2) is 0 Å². The molecule has 0 aliphatic heterocycles. The fraction of sp³-hybridized carbons (Fsp3) is 0.231. The summed E-state index contributed by atoms with van der Waals surface area (Å²) in [7, 11) is 0. The fourth-order valence-corrected chi connectivity index (χ4v) is 2.58. The average molecular weight is 281 g/mol. The minimum atomic E-state index is -0.0925. The number of amides is 1. The molecule has 0 fully saturated rings. The molecule has 5 heteroatoms. The lowest BCUT2D eigenvalue weighted by molar-refractivity contribution is 0.0954. The van der Waals surface area contributed by atoms with Crippen LogP contribution in [0.25, 0.3) is 0 Å². The second-order valence-corrected chi connectivity index (χ2v) is 5.70. The van der Waals surface area contributed by atoms with Gasteiger partial charge in [-0.3, -0.25) is 9.78 Å². The first-order valence-electron chi connectivity index (χ1n) is 5.60. The van der Waals surface area contributed by atoms with Crippen LogP contribution < -0.4 is 5.32 Å². The molecule has 0 aliphatic rings. The summed E-state index contributed by atoms with van der Waals surface area (Å²) in [6.07, 6.45) is 2.38. The number of thiophene rings is 1. The lowest BCUT2D eigenvalue weighted by Gasteiger charge is -2.04. The van der Waals surface area contributed by atoms with Crippen molar-refractivity contribution in [2.24, 2.45) is 0 Å². The quantitative estimate of drug-likeness (QED) is 0.935. The largest absolute Gasteiger partial charge is 0.352 e. The van der Waals surface area contributed by atoms with Gasteiger partial charge in [0.2, 0.25) is 0 Å². The number of carbonyl (C=O) groups is 1. The maximum atomic E-state index is 11.8. The summed E-state index contributed by atoms with van der Waals surface area (Å²) < 4.78 is 0.777. The second kappa shape index (κ2) is 5.98. The highest BCUT2D eigenvalue weighted by Gasteiger charge is 2.05. The van der Waals surface area contributed by atoms with E-state index in [9.17, 15) is 4.79 Å². The highest BCUT2D eigenvalue weighted by Crippen LogP contribution is 2.21. The summed E-state index contributed by atoms with van der Waals surface area (Å²) in [4.78, 5) is 17.0. The van der Waals surface area contributed by atoms with Gasteiger partial charge in [0.1, 0.15) is 0 Å². The third-order valence-electron chi connectivity index (χ3n) is 2.46. The standard InChI is InChI=1S/C13H13ClN2OS/c1-9-2-3-10(8-16-9)13(17)15-7-6-11-4-5-12(14)18-11/h2-5,8H,6-7H2,1H3,(H,15,17). The Labute approximate surface area is 115 Å². The number of aryl methyl sites for hydroxylation is 1. The normalized spacial score (nSPS) is 10.3. The topological polar surface area (TPSA) is 42.0 Å². The second-order valence-electron chi connectivity index (χ2n) is 3.90. The number of aromatic nitrogens is 1. The van der Waals surface area contributed by atoms with Gasteiger partial charge in [0.05, 0.1) is 9.90 Å². The van der Waals surface area contributed by atoms with Crippen molar-refractivity contribution in [1.82, 2.24) is 10.3 Å². The molecule has 0 atom stereocenters. The predicted molar refractivity (Wildman–Crippen MR) is 74.3 cm³/mol. The van der Waals surface area contributed by atoms with E-state index in [1.807, 2.05) is 25.1 Å². The van der Waals surface area contributed by atoms with Gasteiger partial charge in [-0.1, -0.05) is 11.6 Å². The molecule has 0 radical (unpaired) electrons. The number of carbonyl (C=O) groups excluding carboxylic acids is 1. The van der Waals surface area contributed by atoms with Crippen LogP contribution in [0.3, 0.4) is 0 Å². The number of halogens is 1. The Morgan fingerprint density at radius 2 is 2.22 bits per heavy atom. The Kier molecular flexibility index (Phi) is 4.33. The zero-order valence-electron chi connectivity index (χ0n) is 9.94. The van der Waals surface area contributed by atoms with E-state index < -0.39 is 0 Å². The van der Waals surface area contributed by atoms with Crippen LogP contribution >= 0.6 is 22.9 Å². The van der Waals surface area contributed by atoms with Gasteiger partial charge in [0.15, 0.2) is 0 Å². The minimum Gasteiger partial charge on any atom is -0.352 e. The van der Waals surface area contributed by atoms with Gasteiger partial charge in [0, 0.05) is 23.3 Å². The number of pyridine rings is 1. The Bertz CT molecular complexity index is 536. The minimum absolute atomic E-state index is 0.0925. The third-order valence-corrected chi connectivity index (χ3v) is 3.75. The molecule has 0 unspecified atom stereocenters. The first kappa shape index (κ1) is 13.1. The molecule has 18 heavy (non-hydrogen) atoms. The van der Waals surface area contributed by atoms with E-state index in [0.717, 1.165) is 16.5 Å². The summed E-state index contributed by atoms with van der Waals surface area (Å²) >= 11 is 7.37. The summed E-state index contributed by atoms with van der Waals surface area (Å²) in [5, 5.41) is 2.86. The molecular weight excluding hydrogens is 268 g/mol. The van der Waals surface area contributed by atoms with E-state index in [2.05, 4.69) is 10.3 Å². The molecular formula is C13H13ClN2OS. The number of hydrogen-bond donors (Lipinski definition) is 1. The van der Waals surface area contributed by atoms with Crippen molar-refractivity contribution in [3.05, 3.63) is 50.9 Å². The van der Waals surface area contributed by atoms with Crippen molar-refractivity contribution in [1.29, 1.82) is 0 Å². The summed E-state index contributed by atoms with van der Waals surface area (Å²) in [5.74, 6) is -0.0925. The van der Waals surface area contributed by atoms with Gasteiger partial charge in [-0.15, -0.1) is 11.3 Å². The van der Waals surface area contributed by atoms with Crippen LogP contribution in [0.5, 0.6) is 0 Å². The zero-order chi connectivity index (χ0) is 13.0. The highest BCUT2D eigenvalue weighted by molar-refractivity contribution is 7.16. The molecule has 0 aliphatic carbocycles. The van der Waals surface area contributed by atoms with Crippen molar-refractivity contribution in [2.75, 3.05) is 6.54 Å². The van der Waals surface area contributed by atoms with Crippen LogP contribution in [-0.2, 0) is 6.42 Å². The molecule has 3 nitrogen and oxygen atoms in total. The van der Waals surface area contributed by atoms with Gasteiger partial charge in [-0.05, 0) is 37.6 Å². The molecule has 2 heterocycles. The van der Waals surface area contributed by atoms with E-state index in [4.69, 9.17) is 11.6 Å². The number of rotatable bonds is 4. The van der Waals surface area contributed by atoms with E-state index >= 15 is 0 Å². The van der Waals surface area contributed by atoms with Gasteiger partial charge < -0.3 is 5.32 Å². The lowest BCUT2D eigenvalue weighted by Crippen LogP contribution is -2.25. The first-order chi connectivity index (χ1) is 8.65. The Morgan fingerprint density at radius 1 is 1.39 bits per heavy atom.